The second kappa shape index (κ2) is 7.48. The number of sulfone groups is 1. The summed E-state index contributed by atoms with van der Waals surface area (Å²) < 4.78 is 67.0. The lowest BCUT2D eigenvalue weighted by Gasteiger charge is -2.10. The zero-order chi connectivity index (χ0) is 21.4. The number of nitrogens with zero attached hydrogens (tertiary/aromatic N) is 3. The van der Waals surface area contributed by atoms with Gasteiger partial charge in [-0.2, -0.15) is 23.0 Å². The molecule has 0 saturated carbocycles. The molecular weight excluding hydrogens is 435 g/mol. The molecule has 0 saturated heterocycles. The van der Waals surface area contributed by atoms with Crippen LogP contribution in [0.5, 0.6) is 11.5 Å². The summed E-state index contributed by atoms with van der Waals surface area (Å²) in [5, 5.41) is 3.43. The summed E-state index contributed by atoms with van der Waals surface area (Å²) >= 11 is 6.00. The Bertz CT molecular complexity index is 1210. The van der Waals surface area contributed by atoms with E-state index in [9.17, 15) is 26.4 Å². The van der Waals surface area contributed by atoms with E-state index in [1.165, 1.54) is 24.3 Å². The van der Waals surface area contributed by atoms with Crippen molar-refractivity contribution in [3.63, 3.8) is 0 Å². The van der Waals surface area contributed by atoms with E-state index < -0.39 is 27.1 Å². The molecule has 2 aromatic heterocycles. The van der Waals surface area contributed by atoms with E-state index in [4.69, 9.17) is 16.3 Å². The predicted octanol–water partition coefficient (Wildman–Crippen LogP) is 3.50. The first-order valence-corrected chi connectivity index (χ1v) is 10.0. The van der Waals surface area contributed by atoms with Gasteiger partial charge in [-0.15, -0.1) is 0 Å². The van der Waals surface area contributed by atoms with Gasteiger partial charge < -0.3 is 4.74 Å². The number of rotatable bonds is 4. The molecule has 0 fully saturated rings. The molecule has 3 rings (SSSR count). The molecule has 0 unspecified atom stereocenters. The molecule has 0 aliphatic carbocycles. The lowest BCUT2D eigenvalue weighted by atomic mass is 10.3. The van der Waals surface area contributed by atoms with Gasteiger partial charge in [-0.25, -0.2) is 13.4 Å². The molecule has 0 aliphatic rings. The van der Waals surface area contributed by atoms with Crippen LogP contribution in [0.1, 0.15) is 5.56 Å². The number of alkyl halides is 3. The highest BCUT2D eigenvalue weighted by atomic mass is 35.5. The lowest BCUT2D eigenvalue weighted by molar-refractivity contribution is -0.137. The second-order valence-electron chi connectivity index (χ2n) is 5.79. The molecule has 12 heteroatoms. The van der Waals surface area contributed by atoms with Crippen LogP contribution >= 0.6 is 11.6 Å². The first-order chi connectivity index (χ1) is 13.5. The molecule has 0 atom stereocenters. The first kappa shape index (κ1) is 20.8. The molecule has 3 aromatic rings. The molecule has 2 heterocycles. The largest absolute Gasteiger partial charge is 0.454 e. The Kier molecular flexibility index (Phi) is 5.37. The van der Waals surface area contributed by atoms with Gasteiger partial charge in [-0.05, 0) is 36.4 Å². The molecule has 0 radical (unpaired) electrons. The van der Waals surface area contributed by atoms with Gasteiger partial charge in [0.15, 0.2) is 26.4 Å². The summed E-state index contributed by atoms with van der Waals surface area (Å²) in [5.74, 6) is -0.0770. The number of benzene rings is 1. The Balaban J connectivity index is 1.89. The maximum absolute atomic E-state index is 12.6. The highest BCUT2D eigenvalue weighted by Crippen LogP contribution is 2.29. The van der Waals surface area contributed by atoms with Crippen LogP contribution in [-0.2, 0) is 16.0 Å². The van der Waals surface area contributed by atoms with Crippen molar-refractivity contribution in [2.75, 3.05) is 6.26 Å². The van der Waals surface area contributed by atoms with Crippen molar-refractivity contribution in [2.24, 2.45) is 0 Å². The van der Waals surface area contributed by atoms with Gasteiger partial charge in [0, 0.05) is 12.5 Å². The van der Waals surface area contributed by atoms with Crippen LogP contribution in [0.15, 0.2) is 58.5 Å². The second-order valence-corrected chi connectivity index (χ2v) is 8.18. The molecule has 29 heavy (non-hydrogen) atoms. The van der Waals surface area contributed by atoms with Crippen molar-refractivity contribution >= 4 is 21.4 Å². The minimum Gasteiger partial charge on any atom is -0.454 e. The van der Waals surface area contributed by atoms with Crippen molar-refractivity contribution in [1.82, 2.24) is 14.8 Å². The zero-order valence-electron chi connectivity index (χ0n) is 14.5. The number of halogens is 4. The number of hydrogen-bond donors (Lipinski definition) is 0. The van der Waals surface area contributed by atoms with E-state index in [2.05, 4.69) is 10.1 Å². The van der Waals surface area contributed by atoms with Crippen LogP contribution in [0, 0.1) is 0 Å². The Morgan fingerprint density at radius 1 is 1.07 bits per heavy atom. The van der Waals surface area contributed by atoms with Crippen LogP contribution in [0.4, 0.5) is 13.2 Å². The fraction of sp³-hybridized carbons (Fsp3) is 0.118. The molecule has 0 aliphatic heterocycles. The zero-order valence-corrected chi connectivity index (χ0v) is 16.1. The molecule has 0 N–H and O–H groups in total. The monoisotopic (exact) mass is 445 g/mol. The molecule has 0 bridgehead atoms. The van der Waals surface area contributed by atoms with E-state index in [1.807, 2.05) is 0 Å². The van der Waals surface area contributed by atoms with Crippen molar-refractivity contribution < 1.29 is 26.3 Å². The Morgan fingerprint density at radius 2 is 1.72 bits per heavy atom. The van der Waals surface area contributed by atoms with Gasteiger partial charge in [-0.3, -0.25) is 4.79 Å². The number of hydrogen-bond acceptors (Lipinski definition) is 6. The SMILES string of the molecule is CS(=O)(=O)c1ccc(Oc2cnn(-c3ccc(C(F)(F)F)cn3)c(=O)c2Cl)cc1. The van der Waals surface area contributed by atoms with Crippen LogP contribution < -0.4 is 10.3 Å². The fourth-order valence-electron chi connectivity index (χ4n) is 2.21. The van der Waals surface area contributed by atoms with Gasteiger partial charge in [0.25, 0.3) is 5.56 Å². The highest BCUT2D eigenvalue weighted by Gasteiger charge is 2.30. The summed E-state index contributed by atoms with van der Waals surface area (Å²) in [5.41, 5.74) is -1.83. The van der Waals surface area contributed by atoms with Gasteiger partial charge >= 0.3 is 6.18 Å². The predicted molar refractivity (Wildman–Crippen MR) is 97.3 cm³/mol. The van der Waals surface area contributed by atoms with Gasteiger partial charge in [0.05, 0.1) is 16.7 Å². The van der Waals surface area contributed by atoms with E-state index >= 15 is 0 Å². The van der Waals surface area contributed by atoms with Gasteiger partial charge in [0.2, 0.25) is 0 Å². The molecule has 0 spiro atoms. The number of aromatic nitrogens is 3. The minimum absolute atomic E-state index is 0.0814. The topological polar surface area (TPSA) is 91.2 Å². The number of ether oxygens (including phenoxy) is 1. The first-order valence-electron chi connectivity index (χ1n) is 7.76. The average molecular weight is 446 g/mol. The summed E-state index contributed by atoms with van der Waals surface area (Å²) in [6.07, 6.45) is -1.84. The molecule has 152 valence electrons. The van der Waals surface area contributed by atoms with Crippen molar-refractivity contribution in [3.05, 3.63) is 69.7 Å². The Labute approximate surface area is 167 Å². The molecular formula is C17H11ClF3N3O4S. The van der Waals surface area contributed by atoms with E-state index in [-0.39, 0.29) is 27.2 Å². The smallest absolute Gasteiger partial charge is 0.417 e. The van der Waals surface area contributed by atoms with Crippen molar-refractivity contribution in [3.8, 4) is 17.3 Å². The Morgan fingerprint density at radius 3 is 2.24 bits per heavy atom. The lowest BCUT2D eigenvalue weighted by Crippen LogP contribution is -2.23. The number of pyridine rings is 1. The third kappa shape index (κ3) is 4.57. The minimum atomic E-state index is -4.56. The van der Waals surface area contributed by atoms with Crippen LogP contribution in [0.2, 0.25) is 5.02 Å². The Hall–Kier alpha value is -2.92. The molecule has 1 aromatic carbocycles. The summed E-state index contributed by atoms with van der Waals surface area (Å²) in [7, 11) is -3.38. The van der Waals surface area contributed by atoms with Crippen LogP contribution in [0.3, 0.4) is 0 Å². The van der Waals surface area contributed by atoms with Crippen LogP contribution in [0.25, 0.3) is 5.82 Å². The molecule has 7 nitrogen and oxygen atoms in total. The van der Waals surface area contributed by atoms with Gasteiger partial charge in [0.1, 0.15) is 5.75 Å². The van der Waals surface area contributed by atoms with E-state index in [1.54, 1.807) is 0 Å². The normalized spacial score (nSPS) is 12.0. The van der Waals surface area contributed by atoms with Crippen molar-refractivity contribution in [2.45, 2.75) is 11.1 Å². The maximum Gasteiger partial charge on any atom is 0.417 e. The quantitative estimate of drug-likeness (QED) is 0.610. The third-order valence-corrected chi connectivity index (χ3v) is 5.14. The maximum atomic E-state index is 12.6. The fourth-order valence-corrected chi connectivity index (χ4v) is 3.01. The van der Waals surface area contributed by atoms with E-state index in [0.29, 0.717) is 6.20 Å². The van der Waals surface area contributed by atoms with E-state index in [0.717, 1.165) is 29.3 Å². The van der Waals surface area contributed by atoms with Crippen molar-refractivity contribution in [1.29, 1.82) is 0 Å². The van der Waals surface area contributed by atoms with Crippen LogP contribution in [-0.4, -0.2) is 29.4 Å². The van der Waals surface area contributed by atoms with Gasteiger partial charge in [-0.1, -0.05) is 11.6 Å². The summed E-state index contributed by atoms with van der Waals surface area (Å²) in [6.45, 7) is 0. The average Bonchev–Trinajstić information content (AvgIpc) is 2.65. The third-order valence-electron chi connectivity index (χ3n) is 3.66. The molecule has 0 amide bonds. The summed E-state index contributed by atoms with van der Waals surface area (Å²) in [6, 6.07) is 7.13. The highest BCUT2D eigenvalue weighted by molar-refractivity contribution is 7.90. The summed E-state index contributed by atoms with van der Waals surface area (Å²) in [4.78, 5) is 16.1. The standard InChI is InChI=1S/C17H11ClF3N3O4S/c1-29(26,27)12-5-3-11(4-6-12)28-13-9-23-24(16(25)15(13)18)14-7-2-10(8-22-14)17(19,20)21/h2-9H,1H3.